The van der Waals surface area contributed by atoms with Crippen LogP contribution in [0.1, 0.15) is 46.8 Å². The summed E-state index contributed by atoms with van der Waals surface area (Å²) in [4.78, 5) is 14.0. The number of benzene rings is 2. The van der Waals surface area contributed by atoms with Gasteiger partial charge in [0.1, 0.15) is 0 Å². The number of ether oxygens (including phenoxy) is 1. The third kappa shape index (κ3) is 5.88. The van der Waals surface area contributed by atoms with Gasteiger partial charge in [-0.15, -0.1) is 0 Å². The van der Waals surface area contributed by atoms with Crippen molar-refractivity contribution in [2.24, 2.45) is 0 Å². The van der Waals surface area contributed by atoms with E-state index in [-0.39, 0.29) is 12.6 Å². The molecule has 6 nitrogen and oxygen atoms in total. The van der Waals surface area contributed by atoms with E-state index >= 15 is 0 Å². The topological polar surface area (TPSA) is 66.9 Å². The Labute approximate surface area is 174 Å². The highest BCUT2D eigenvalue weighted by Gasteiger charge is 2.25. The van der Waals surface area contributed by atoms with E-state index in [1.807, 2.05) is 18.2 Å². The van der Waals surface area contributed by atoms with Crippen LogP contribution < -0.4 is 0 Å². The highest BCUT2D eigenvalue weighted by molar-refractivity contribution is 7.69. The molecule has 1 heterocycles. The molecule has 1 fully saturated rings. The van der Waals surface area contributed by atoms with E-state index in [1.54, 1.807) is 24.3 Å². The molecule has 0 saturated carbocycles. The van der Waals surface area contributed by atoms with E-state index in [1.165, 1.54) is 17.8 Å². The summed E-state index contributed by atoms with van der Waals surface area (Å²) in [6.45, 7) is 2.65. The first kappa shape index (κ1) is 21.5. The zero-order valence-corrected chi connectivity index (χ0v) is 17.6. The molecule has 2 aromatic carbocycles. The Hall–Kier alpha value is -2.22. The Bertz CT molecular complexity index is 854. The molecule has 1 saturated heterocycles. The van der Waals surface area contributed by atoms with Crippen LogP contribution in [-0.2, 0) is 22.2 Å². The first-order valence-electron chi connectivity index (χ1n) is 9.94. The molecule has 0 radical (unpaired) electrons. The molecule has 0 bridgehead atoms. The van der Waals surface area contributed by atoms with Gasteiger partial charge in [-0.25, -0.2) is 13.2 Å². The Morgan fingerprint density at radius 3 is 2.28 bits per heavy atom. The van der Waals surface area contributed by atoms with Gasteiger partial charge in [0.2, 0.25) is 10.9 Å². The molecular formula is C22H28N2O4S. The quantitative estimate of drug-likeness (QED) is 0.529. The highest BCUT2D eigenvalue weighted by Crippen LogP contribution is 2.26. The van der Waals surface area contributed by atoms with Crippen LogP contribution in [0.25, 0.3) is 0 Å². The van der Waals surface area contributed by atoms with Gasteiger partial charge in [0, 0.05) is 19.1 Å². The maximum atomic E-state index is 12.0. The van der Waals surface area contributed by atoms with Gasteiger partial charge in [0.15, 0.2) is 0 Å². The van der Waals surface area contributed by atoms with Crippen LogP contribution in [-0.4, -0.2) is 50.3 Å². The molecule has 1 atom stereocenters. The maximum absolute atomic E-state index is 12.0. The minimum atomic E-state index is -2.74. The molecule has 0 aromatic heterocycles. The molecule has 1 aliphatic rings. The molecule has 0 N–H and O–H groups in total. The number of hydrogen-bond donors (Lipinski definition) is 1. The van der Waals surface area contributed by atoms with Crippen molar-refractivity contribution in [2.45, 2.75) is 31.8 Å². The average Bonchev–Trinajstić information content (AvgIpc) is 2.77. The Kier molecular flexibility index (Phi) is 7.80. The van der Waals surface area contributed by atoms with Gasteiger partial charge in [0.05, 0.1) is 12.7 Å². The average molecular weight is 417 g/mol. The van der Waals surface area contributed by atoms with Crippen LogP contribution in [0.15, 0.2) is 54.6 Å². The number of thiol groups is 1. The van der Waals surface area contributed by atoms with Gasteiger partial charge in [-0.3, -0.25) is 4.90 Å². The maximum Gasteiger partial charge on any atom is 0.337 e. The van der Waals surface area contributed by atoms with Gasteiger partial charge in [0.25, 0.3) is 0 Å². The number of methoxy groups -OCH3 is 1. The summed E-state index contributed by atoms with van der Waals surface area (Å²) in [5, 5.41) is 0. The summed E-state index contributed by atoms with van der Waals surface area (Å²) in [6.07, 6.45) is 3.51. The summed E-state index contributed by atoms with van der Waals surface area (Å²) in [5.41, 5.74) is 2.42. The van der Waals surface area contributed by atoms with E-state index in [9.17, 15) is 13.2 Å². The highest BCUT2D eigenvalue weighted by atomic mass is 32.2. The van der Waals surface area contributed by atoms with E-state index in [2.05, 4.69) is 17.0 Å². The molecule has 0 spiro atoms. The Morgan fingerprint density at radius 1 is 1.03 bits per heavy atom. The minimum Gasteiger partial charge on any atom is -0.465 e. The largest absolute Gasteiger partial charge is 0.465 e. The second-order valence-corrected chi connectivity index (χ2v) is 8.34. The predicted molar refractivity (Wildman–Crippen MR) is 113 cm³/mol. The number of carbonyl (C=O) groups excluding carboxylic acids is 1. The molecule has 0 amide bonds. The molecule has 2 aromatic rings. The van der Waals surface area contributed by atoms with Gasteiger partial charge >= 0.3 is 5.97 Å². The number of rotatable bonds is 8. The normalized spacial score (nSPS) is 16.1. The van der Waals surface area contributed by atoms with Crippen molar-refractivity contribution < 1.29 is 17.9 Å². The van der Waals surface area contributed by atoms with Gasteiger partial charge in [-0.05, 0) is 49.2 Å². The van der Waals surface area contributed by atoms with Crippen molar-refractivity contribution >= 4 is 16.9 Å². The molecule has 3 rings (SSSR count). The number of hydrogen-bond acceptors (Lipinski definition) is 5. The minimum absolute atomic E-state index is 0.0266. The SMILES string of the molecule is COC(=O)c1ccc(CN(CC(c2ccccc2)N2CCCCC2)[SH](=O)=O)cc1. The lowest BCUT2D eigenvalue weighted by Crippen LogP contribution is -2.40. The third-order valence-corrected chi connectivity index (χ3v) is 6.14. The standard InChI is InChI=1S/C22H28N2O4S/c1-28-22(25)20-12-10-18(11-13-20)16-24(29(26)27)17-21(19-8-4-2-5-9-19)23-14-6-3-7-15-23/h2,4-5,8-13,21,29H,3,6-7,14-17H2,1H3. The van der Waals surface area contributed by atoms with Gasteiger partial charge in [-0.2, -0.15) is 4.31 Å². The molecule has 1 unspecified atom stereocenters. The summed E-state index contributed by atoms with van der Waals surface area (Å²) in [7, 11) is -1.40. The van der Waals surface area contributed by atoms with Crippen molar-refractivity contribution in [3.8, 4) is 0 Å². The van der Waals surface area contributed by atoms with Crippen LogP contribution in [0.2, 0.25) is 0 Å². The summed E-state index contributed by atoms with van der Waals surface area (Å²) >= 11 is 0. The van der Waals surface area contributed by atoms with Crippen LogP contribution >= 0.6 is 0 Å². The second kappa shape index (κ2) is 10.5. The summed E-state index contributed by atoms with van der Waals surface area (Å²) in [6, 6.07) is 17.0. The third-order valence-electron chi connectivity index (χ3n) is 5.37. The van der Waals surface area contributed by atoms with Crippen molar-refractivity contribution in [3.05, 3.63) is 71.3 Å². The van der Waals surface area contributed by atoms with Crippen LogP contribution in [0.4, 0.5) is 0 Å². The van der Waals surface area contributed by atoms with Gasteiger partial charge in [-0.1, -0.05) is 48.9 Å². The van der Waals surface area contributed by atoms with Crippen LogP contribution in [0.3, 0.4) is 0 Å². The zero-order valence-electron chi connectivity index (χ0n) is 16.7. The smallest absolute Gasteiger partial charge is 0.337 e. The number of nitrogens with zero attached hydrogens (tertiary/aromatic N) is 2. The lowest BCUT2D eigenvalue weighted by Gasteiger charge is -2.36. The van der Waals surface area contributed by atoms with E-state index in [0.29, 0.717) is 12.1 Å². The molecule has 1 aliphatic heterocycles. The number of piperidine rings is 1. The lowest BCUT2D eigenvalue weighted by molar-refractivity contribution is 0.0600. The van der Waals surface area contributed by atoms with Crippen molar-refractivity contribution in [1.29, 1.82) is 0 Å². The molecular weight excluding hydrogens is 388 g/mol. The second-order valence-electron chi connectivity index (χ2n) is 7.30. The van der Waals surface area contributed by atoms with Crippen molar-refractivity contribution in [2.75, 3.05) is 26.7 Å². The van der Waals surface area contributed by atoms with Crippen molar-refractivity contribution in [3.63, 3.8) is 0 Å². The zero-order chi connectivity index (χ0) is 20.6. The predicted octanol–water partition coefficient (Wildman–Crippen LogP) is 3.03. The molecule has 7 heteroatoms. The lowest BCUT2D eigenvalue weighted by atomic mass is 10.0. The number of esters is 1. The van der Waals surface area contributed by atoms with E-state index < -0.39 is 16.9 Å². The number of likely N-dealkylation sites (tertiary alicyclic amines) is 1. The number of carbonyl (C=O) groups is 1. The molecule has 156 valence electrons. The first-order chi connectivity index (χ1) is 14.1. The Morgan fingerprint density at radius 2 is 1.69 bits per heavy atom. The van der Waals surface area contributed by atoms with Crippen LogP contribution in [0, 0.1) is 0 Å². The summed E-state index contributed by atoms with van der Waals surface area (Å²) < 4.78 is 30.3. The van der Waals surface area contributed by atoms with Crippen molar-refractivity contribution in [1.82, 2.24) is 9.21 Å². The van der Waals surface area contributed by atoms with Crippen LogP contribution in [0.5, 0.6) is 0 Å². The van der Waals surface area contributed by atoms with Gasteiger partial charge < -0.3 is 4.74 Å². The van der Waals surface area contributed by atoms with E-state index in [4.69, 9.17) is 4.74 Å². The fraction of sp³-hybridized carbons (Fsp3) is 0.409. The first-order valence-corrected chi connectivity index (χ1v) is 11.1. The molecule has 0 aliphatic carbocycles. The fourth-order valence-electron chi connectivity index (χ4n) is 3.80. The summed E-state index contributed by atoms with van der Waals surface area (Å²) in [5.74, 6) is -0.405. The Balaban J connectivity index is 1.78. The molecule has 29 heavy (non-hydrogen) atoms. The monoisotopic (exact) mass is 416 g/mol. The fourth-order valence-corrected chi connectivity index (χ4v) is 4.37. The van der Waals surface area contributed by atoms with E-state index in [0.717, 1.165) is 37.1 Å².